The molecule has 3 heterocycles. The smallest absolute Gasteiger partial charge is 0.310 e. The average molecular weight is 564 g/mol. The standard InChI is InChI=1S/C26H35FN6O3S2/c1-5-15-38(35,36)32-19-8-6-7-18(21(19)27)22-23(37-24(31-22)17-10-13-33(4)14-11-17)20-9-12-28-25(30-20)29-16-26(2,3)34/h6-9,12,17,34H,5,10-11,13-16H2,1-4H3,(H2-,28,29,30,32,35,36)/p+1. The minimum Gasteiger partial charge on any atom is -0.389 e. The van der Waals surface area contributed by atoms with Gasteiger partial charge in [-0.1, -0.05) is 13.0 Å². The molecule has 38 heavy (non-hydrogen) atoms. The van der Waals surface area contributed by atoms with Crippen molar-refractivity contribution in [2.45, 2.75) is 51.6 Å². The van der Waals surface area contributed by atoms with E-state index in [9.17, 15) is 13.9 Å². The summed E-state index contributed by atoms with van der Waals surface area (Å²) < 4.78 is 41.0. The molecule has 12 heteroatoms. The highest BCUT2D eigenvalue weighted by molar-refractivity contribution is 7.98. The quantitative estimate of drug-likeness (QED) is 0.251. The Bertz CT molecular complexity index is 1300. The van der Waals surface area contributed by atoms with Crippen LogP contribution in [0.1, 0.15) is 51.0 Å². The van der Waals surface area contributed by atoms with Gasteiger partial charge in [0, 0.05) is 24.2 Å². The summed E-state index contributed by atoms with van der Waals surface area (Å²) in [6.45, 7) is 7.35. The third kappa shape index (κ3) is 7.11. The number of rotatable bonds is 10. The average Bonchev–Trinajstić information content (AvgIpc) is 3.29. The molecule has 1 saturated heterocycles. The third-order valence-corrected chi connectivity index (χ3v) is 9.02. The zero-order valence-electron chi connectivity index (χ0n) is 22.2. The number of thiazole rings is 1. The van der Waals surface area contributed by atoms with E-state index in [0.717, 1.165) is 30.9 Å². The Morgan fingerprint density at radius 1 is 1.24 bits per heavy atom. The van der Waals surface area contributed by atoms with Crippen molar-refractivity contribution in [2.75, 3.05) is 42.5 Å². The van der Waals surface area contributed by atoms with Crippen LogP contribution >= 0.6 is 11.3 Å². The van der Waals surface area contributed by atoms with E-state index in [1.807, 2.05) is 0 Å². The maximum atomic E-state index is 15.8. The van der Waals surface area contributed by atoms with Gasteiger partial charge >= 0.3 is 10.4 Å². The second-order valence-corrected chi connectivity index (χ2v) is 13.3. The Kier molecular flexibility index (Phi) is 8.78. The maximum absolute atomic E-state index is 15.8. The summed E-state index contributed by atoms with van der Waals surface area (Å²) in [5.41, 5.74) is 0.267. The number of halogens is 1. The number of nitrogens with one attached hydrogen (secondary N) is 2. The summed E-state index contributed by atoms with van der Waals surface area (Å²) in [6.07, 6.45) is 4.02. The Morgan fingerprint density at radius 2 is 1.97 bits per heavy atom. The summed E-state index contributed by atoms with van der Waals surface area (Å²) in [7, 11) is -1.32. The molecule has 1 atom stereocenters. The molecule has 1 aliphatic rings. The van der Waals surface area contributed by atoms with Gasteiger partial charge in [0.2, 0.25) is 5.95 Å². The van der Waals surface area contributed by atoms with Gasteiger partial charge in [0.1, 0.15) is 5.69 Å². The van der Waals surface area contributed by atoms with Gasteiger partial charge in [-0.2, -0.15) is 9.27 Å². The highest BCUT2D eigenvalue weighted by Gasteiger charge is 2.29. The van der Waals surface area contributed by atoms with E-state index in [1.165, 1.54) is 17.4 Å². The molecule has 206 valence electrons. The number of anilines is 2. The van der Waals surface area contributed by atoms with Crippen LogP contribution in [0.15, 0.2) is 30.5 Å². The van der Waals surface area contributed by atoms with Crippen LogP contribution in [0.4, 0.5) is 16.0 Å². The van der Waals surface area contributed by atoms with Gasteiger partial charge in [-0.05, 0) is 75.7 Å². The van der Waals surface area contributed by atoms with Crippen LogP contribution in [0, 0.1) is 5.82 Å². The first-order valence-corrected chi connectivity index (χ1v) is 15.3. The van der Waals surface area contributed by atoms with E-state index in [1.54, 1.807) is 45.2 Å². The van der Waals surface area contributed by atoms with Crippen molar-refractivity contribution < 1.29 is 18.3 Å². The number of aromatic nitrogens is 3. The highest BCUT2D eigenvalue weighted by atomic mass is 32.3. The molecule has 4 rings (SSSR count). The molecular formula is C26H36FN6O3S2+. The van der Waals surface area contributed by atoms with Crippen molar-refractivity contribution in [3.05, 3.63) is 41.3 Å². The fourth-order valence-corrected chi connectivity index (χ4v) is 6.66. The van der Waals surface area contributed by atoms with Crippen molar-refractivity contribution in [3.63, 3.8) is 0 Å². The van der Waals surface area contributed by atoms with Crippen LogP contribution in [0.25, 0.3) is 21.8 Å². The van der Waals surface area contributed by atoms with E-state index in [2.05, 4.69) is 32.0 Å². The number of aliphatic hydroxyl groups is 1. The second-order valence-electron chi connectivity index (χ2n) is 10.4. The van der Waals surface area contributed by atoms with E-state index >= 15 is 4.39 Å². The molecule has 1 aliphatic heterocycles. The molecule has 0 aliphatic carbocycles. The first-order chi connectivity index (χ1) is 18.0. The SMILES string of the molecule is CCC[S+](=O)(O)Nc1cccc(-c2nc(C3CCN(C)CC3)sc2-c2ccnc(NCC(C)(C)O)n2)c1F. The molecule has 0 saturated carbocycles. The molecular weight excluding hydrogens is 527 g/mol. The summed E-state index contributed by atoms with van der Waals surface area (Å²) in [6, 6.07) is 6.49. The van der Waals surface area contributed by atoms with Crippen LogP contribution in [-0.2, 0) is 14.6 Å². The third-order valence-electron chi connectivity index (χ3n) is 6.28. The van der Waals surface area contributed by atoms with Gasteiger partial charge in [0.15, 0.2) is 11.6 Å². The monoisotopic (exact) mass is 563 g/mol. The Balaban J connectivity index is 1.77. The molecule has 2 aromatic heterocycles. The first kappa shape index (κ1) is 28.5. The van der Waals surface area contributed by atoms with Gasteiger partial charge in [0.25, 0.3) is 0 Å². The van der Waals surface area contributed by atoms with Crippen LogP contribution in [0.5, 0.6) is 0 Å². The highest BCUT2D eigenvalue weighted by Crippen LogP contribution is 2.42. The normalized spacial score (nSPS) is 16.8. The zero-order valence-corrected chi connectivity index (χ0v) is 23.8. The van der Waals surface area contributed by atoms with Gasteiger partial charge in [-0.15, -0.1) is 11.3 Å². The van der Waals surface area contributed by atoms with Crippen LogP contribution < -0.4 is 10.0 Å². The van der Waals surface area contributed by atoms with Crippen LogP contribution in [0.2, 0.25) is 0 Å². The van der Waals surface area contributed by atoms with Crippen LogP contribution in [0.3, 0.4) is 0 Å². The first-order valence-electron chi connectivity index (χ1n) is 12.8. The molecule has 1 fully saturated rings. The number of nitrogens with zero attached hydrogens (tertiary/aromatic N) is 4. The van der Waals surface area contributed by atoms with Gasteiger partial charge in [-0.25, -0.2) is 19.3 Å². The molecule has 1 unspecified atom stereocenters. The molecule has 3 aromatic rings. The Labute approximate surface area is 228 Å². The molecule has 4 N–H and O–H groups in total. The lowest BCUT2D eigenvalue weighted by atomic mass is 9.98. The largest absolute Gasteiger partial charge is 0.389 e. The lowest BCUT2D eigenvalue weighted by Gasteiger charge is -2.27. The molecule has 1 aromatic carbocycles. The van der Waals surface area contributed by atoms with Crippen molar-refractivity contribution in [3.8, 4) is 21.8 Å². The summed E-state index contributed by atoms with van der Waals surface area (Å²) >= 11 is 1.49. The molecule has 9 nitrogen and oxygen atoms in total. The van der Waals surface area contributed by atoms with Crippen molar-refractivity contribution in [1.29, 1.82) is 0 Å². The number of likely N-dealkylation sites (tertiary alicyclic amines) is 1. The number of piperidine rings is 1. The van der Waals surface area contributed by atoms with Crippen LogP contribution in [-0.4, -0.2) is 67.5 Å². The Morgan fingerprint density at radius 3 is 2.66 bits per heavy atom. The Hall–Kier alpha value is -2.51. The molecule has 0 bridgehead atoms. The predicted octanol–water partition coefficient (Wildman–Crippen LogP) is 5.11. The van der Waals surface area contributed by atoms with E-state index < -0.39 is 21.8 Å². The van der Waals surface area contributed by atoms with Crippen molar-refractivity contribution in [2.24, 2.45) is 0 Å². The predicted molar refractivity (Wildman–Crippen MR) is 152 cm³/mol. The second kappa shape index (κ2) is 11.7. The fourth-order valence-electron chi connectivity index (χ4n) is 4.28. The van der Waals surface area contributed by atoms with Gasteiger partial charge < -0.3 is 15.3 Å². The van der Waals surface area contributed by atoms with Crippen molar-refractivity contribution >= 4 is 33.4 Å². The lowest BCUT2D eigenvalue weighted by molar-refractivity contribution is 0.0943. The van der Waals surface area contributed by atoms with E-state index in [0.29, 0.717) is 28.6 Å². The molecule has 0 radical (unpaired) electrons. The summed E-state index contributed by atoms with van der Waals surface area (Å²) in [5, 5.41) is 14.0. The number of hydrogen-bond acceptors (Lipinski definition) is 8. The number of benzene rings is 1. The van der Waals surface area contributed by atoms with E-state index in [-0.39, 0.29) is 29.5 Å². The fraction of sp³-hybridized carbons (Fsp3) is 0.500. The lowest BCUT2D eigenvalue weighted by Crippen LogP contribution is -2.29. The molecule has 0 amide bonds. The summed E-state index contributed by atoms with van der Waals surface area (Å²) in [5.74, 6) is -0.0229. The number of hydrogen-bond donors (Lipinski definition) is 4. The summed E-state index contributed by atoms with van der Waals surface area (Å²) in [4.78, 5) is 16.8. The maximum Gasteiger partial charge on any atom is 0.310 e. The van der Waals surface area contributed by atoms with Crippen molar-refractivity contribution in [1.82, 2.24) is 19.9 Å². The molecule has 0 spiro atoms. The minimum atomic E-state index is -3.42. The van der Waals surface area contributed by atoms with E-state index in [4.69, 9.17) is 4.98 Å². The topological polar surface area (TPSA) is 124 Å². The van der Waals surface area contributed by atoms with Gasteiger partial charge in [-0.3, -0.25) is 0 Å². The zero-order chi connectivity index (χ0) is 27.5. The minimum absolute atomic E-state index is 0.0141. The van der Waals surface area contributed by atoms with Gasteiger partial charge in [0.05, 0.1) is 26.9 Å².